The lowest BCUT2D eigenvalue weighted by Crippen LogP contribution is -2.55. The highest BCUT2D eigenvalue weighted by Gasteiger charge is 2.56. The number of rotatable bonds is 5. The lowest BCUT2D eigenvalue weighted by Gasteiger charge is -2.58. The topological polar surface area (TPSA) is 55.1 Å². The van der Waals surface area contributed by atoms with Crippen molar-refractivity contribution < 1.29 is 4.79 Å². The van der Waals surface area contributed by atoms with Crippen LogP contribution in [0, 0.1) is 22.7 Å². The molecule has 1 amide bonds. The molecule has 3 aliphatic rings. The smallest absolute Gasteiger partial charge is 0.226 e. The largest absolute Gasteiger partial charge is 0.353 e. The molecular formula is C27H42N2O. The fourth-order valence-electron chi connectivity index (χ4n) is 7.48. The van der Waals surface area contributed by atoms with Crippen LogP contribution in [0.15, 0.2) is 30.3 Å². The van der Waals surface area contributed by atoms with Crippen molar-refractivity contribution in [3.63, 3.8) is 0 Å². The van der Waals surface area contributed by atoms with Gasteiger partial charge in [0.1, 0.15) is 0 Å². The second-order valence-electron chi connectivity index (χ2n) is 11.6. The van der Waals surface area contributed by atoms with Crippen LogP contribution >= 0.6 is 0 Å². The summed E-state index contributed by atoms with van der Waals surface area (Å²) in [7, 11) is 0. The maximum atomic E-state index is 13.6. The molecule has 4 atom stereocenters. The van der Waals surface area contributed by atoms with Crippen molar-refractivity contribution >= 4 is 5.91 Å². The highest BCUT2D eigenvalue weighted by atomic mass is 16.2. The van der Waals surface area contributed by atoms with E-state index in [1.54, 1.807) is 0 Å². The number of carbonyl (C=O) groups excluding carboxylic acids is 1. The molecule has 0 saturated heterocycles. The zero-order valence-electron chi connectivity index (χ0n) is 19.4. The summed E-state index contributed by atoms with van der Waals surface area (Å²) in [5.41, 5.74) is 7.57. The molecule has 2 bridgehead atoms. The Hall–Kier alpha value is -1.35. The van der Waals surface area contributed by atoms with Crippen LogP contribution in [0.3, 0.4) is 0 Å². The lowest BCUT2D eigenvalue weighted by atomic mass is 9.47. The monoisotopic (exact) mass is 410 g/mol. The third kappa shape index (κ3) is 4.20. The molecule has 1 aromatic rings. The first-order valence-electron chi connectivity index (χ1n) is 12.4. The van der Waals surface area contributed by atoms with Crippen LogP contribution in [-0.4, -0.2) is 18.5 Å². The van der Waals surface area contributed by atoms with E-state index in [-0.39, 0.29) is 10.8 Å². The average Bonchev–Trinajstić information content (AvgIpc) is 2.74. The van der Waals surface area contributed by atoms with Gasteiger partial charge in [-0.05, 0) is 92.6 Å². The summed E-state index contributed by atoms with van der Waals surface area (Å²) in [6, 6.07) is 11.4. The second kappa shape index (κ2) is 8.30. The molecule has 30 heavy (non-hydrogen) atoms. The summed E-state index contributed by atoms with van der Waals surface area (Å²) in [5, 5.41) is 3.49. The molecule has 0 heterocycles. The standard InChI is InChI=1S/C27H42N2O/c1-4-25(2)14-21-15-26(3,24(30)29-23-12-10-20(17-28)11-13-23)19-27(16-21,18-25)22-8-6-5-7-9-22/h5-9,20-21,23H,4,10-19,28H2,1-3H3,(H,29,30)/t20?,21?,23?,25-,26?,27?/m0/s1. The van der Waals surface area contributed by atoms with Crippen LogP contribution in [0.4, 0.5) is 0 Å². The van der Waals surface area contributed by atoms with E-state index in [0.717, 1.165) is 45.1 Å². The molecule has 3 N–H and O–H groups in total. The number of hydrogen-bond acceptors (Lipinski definition) is 2. The van der Waals surface area contributed by atoms with Gasteiger partial charge >= 0.3 is 0 Å². The van der Waals surface area contributed by atoms with Gasteiger partial charge in [0, 0.05) is 11.5 Å². The van der Waals surface area contributed by atoms with E-state index in [9.17, 15) is 4.79 Å². The van der Waals surface area contributed by atoms with Crippen molar-refractivity contribution in [2.24, 2.45) is 28.4 Å². The Morgan fingerprint density at radius 1 is 1.03 bits per heavy atom. The third-order valence-corrected chi connectivity index (χ3v) is 9.00. The van der Waals surface area contributed by atoms with Gasteiger partial charge < -0.3 is 11.1 Å². The van der Waals surface area contributed by atoms with Crippen molar-refractivity contribution in [2.75, 3.05) is 6.54 Å². The summed E-state index contributed by atoms with van der Waals surface area (Å²) in [5.74, 6) is 1.60. The minimum Gasteiger partial charge on any atom is -0.353 e. The first-order valence-corrected chi connectivity index (χ1v) is 12.4. The Kier molecular flexibility index (Phi) is 6.05. The van der Waals surface area contributed by atoms with E-state index < -0.39 is 0 Å². The zero-order chi connectivity index (χ0) is 21.4. The molecule has 1 aromatic carbocycles. The van der Waals surface area contributed by atoms with Crippen LogP contribution in [-0.2, 0) is 10.2 Å². The number of nitrogens with two attached hydrogens (primary N) is 1. The maximum absolute atomic E-state index is 13.6. The van der Waals surface area contributed by atoms with Gasteiger partial charge in [-0.25, -0.2) is 0 Å². The van der Waals surface area contributed by atoms with E-state index >= 15 is 0 Å². The van der Waals surface area contributed by atoms with Crippen molar-refractivity contribution in [2.45, 2.75) is 96.4 Å². The van der Waals surface area contributed by atoms with Crippen LogP contribution in [0.25, 0.3) is 0 Å². The zero-order valence-corrected chi connectivity index (χ0v) is 19.4. The third-order valence-electron chi connectivity index (χ3n) is 9.00. The number of hydrogen-bond donors (Lipinski definition) is 2. The number of nitrogens with one attached hydrogen (secondary N) is 1. The predicted octanol–water partition coefficient (Wildman–Crippen LogP) is 5.57. The van der Waals surface area contributed by atoms with Crippen molar-refractivity contribution in [3.8, 4) is 0 Å². The Morgan fingerprint density at radius 2 is 1.73 bits per heavy atom. The second-order valence-corrected chi connectivity index (χ2v) is 11.6. The Balaban J connectivity index is 1.56. The average molecular weight is 411 g/mol. The van der Waals surface area contributed by atoms with Gasteiger partial charge in [-0.3, -0.25) is 4.79 Å². The molecule has 3 fully saturated rings. The van der Waals surface area contributed by atoms with Gasteiger partial charge in [0.15, 0.2) is 0 Å². The van der Waals surface area contributed by atoms with E-state index in [0.29, 0.717) is 29.2 Å². The minimum absolute atomic E-state index is 0.135. The quantitative estimate of drug-likeness (QED) is 0.666. The van der Waals surface area contributed by atoms with Crippen molar-refractivity contribution in [3.05, 3.63) is 35.9 Å². The van der Waals surface area contributed by atoms with Gasteiger partial charge in [0.05, 0.1) is 0 Å². The van der Waals surface area contributed by atoms with Gasteiger partial charge in [-0.2, -0.15) is 0 Å². The first kappa shape index (κ1) is 21.9. The predicted molar refractivity (Wildman–Crippen MR) is 124 cm³/mol. The van der Waals surface area contributed by atoms with E-state index in [2.05, 4.69) is 56.4 Å². The molecule has 3 aliphatic carbocycles. The van der Waals surface area contributed by atoms with Crippen LogP contribution in [0.2, 0.25) is 0 Å². The molecule has 3 nitrogen and oxygen atoms in total. The summed E-state index contributed by atoms with van der Waals surface area (Å²) in [4.78, 5) is 13.6. The van der Waals surface area contributed by atoms with Gasteiger partial charge in [0.2, 0.25) is 5.91 Å². The fourth-order valence-corrected chi connectivity index (χ4v) is 7.48. The van der Waals surface area contributed by atoms with E-state index in [1.807, 2.05) is 0 Å². The molecule has 0 radical (unpaired) electrons. The number of benzene rings is 1. The van der Waals surface area contributed by atoms with Crippen LogP contribution < -0.4 is 11.1 Å². The van der Waals surface area contributed by atoms with Gasteiger partial charge in [-0.1, -0.05) is 57.5 Å². The SMILES string of the molecule is CC[C@@]1(C)CC2CC(C)(C(=O)NC3CCC(CN)CC3)CC(c3ccccc3)(C2)C1. The van der Waals surface area contributed by atoms with Crippen molar-refractivity contribution in [1.29, 1.82) is 0 Å². The Bertz CT molecular complexity index is 740. The molecule has 4 rings (SSSR count). The molecule has 0 spiro atoms. The van der Waals surface area contributed by atoms with E-state index in [1.165, 1.54) is 31.2 Å². The normalized spacial score (nSPS) is 41.3. The first-order chi connectivity index (χ1) is 14.3. The summed E-state index contributed by atoms with van der Waals surface area (Å²) < 4.78 is 0. The molecule has 0 aliphatic heterocycles. The Morgan fingerprint density at radius 3 is 2.37 bits per heavy atom. The minimum atomic E-state index is -0.265. The highest BCUT2D eigenvalue weighted by molar-refractivity contribution is 5.83. The molecule has 0 aromatic heterocycles. The van der Waals surface area contributed by atoms with Gasteiger partial charge in [-0.15, -0.1) is 0 Å². The molecular weight excluding hydrogens is 368 g/mol. The van der Waals surface area contributed by atoms with Crippen LogP contribution in [0.1, 0.15) is 90.5 Å². The Labute approximate surface area is 183 Å². The maximum Gasteiger partial charge on any atom is 0.226 e. The molecule has 166 valence electrons. The van der Waals surface area contributed by atoms with E-state index in [4.69, 9.17) is 5.73 Å². The number of carbonyl (C=O) groups is 1. The lowest BCUT2D eigenvalue weighted by molar-refractivity contribution is -0.139. The number of fused-ring (bicyclic) bond motifs is 2. The van der Waals surface area contributed by atoms with Crippen molar-refractivity contribution in [1.82, 2.24) is 5.32 Å². The summed E-state index contributed by atoms with van der Waals surface area (Å²) in [6.07, 6.45) is 11.5. The highest BCUT2D eigenvalue weighted by Crippen LogP contribution is 2.62. The summed E-state index contributed by atoms with van der Waals surface area (Å²) >= 11 is 0. The fraction of sp³-hybridized carbons (Fsp3) is 0.741. The van der Waals surface area contributed by atoms with Crippen LogP contribution in [0.5, 0.6) is 0 Å². The molecule has 3 saturated carbocycles. The molecule has 3 heteroatoms. The molecule has 3 unspecified atom stereocenters. The van der Waals surface area contributed by atoms with Gasteiger partial charge in [0.25, 0.3) is 0 Å². The number of amides is 1. The summed E-state index contributed by atoms with van der Waals surface area (Å²) in [6.45, 7) is 7.88.